The molecular weight excluding hydrogens is 238 g/mol. The van der Waals surface area contributed by atoms with Crippen molar-refractivity contribution in [1.82, 2.24) is 4.90 Å². The van der Waals surface area contributed by atoms with Gasteiger partial charge in [0.15, 0.2) is 5.78 Å². The highest BCUT2D eigenvalue weighted by atomic mass is 16.5. The van der Waals surface area contributed by atoms with Gasteiger partial charge >= 0.3 is 0 Å². The summed E-state index contributed by atoms with van der Waals surface area (Å²) in [6, 6.07) is 7.18. The molecule has 0 bridgehead atoms. The summed E-state index contributed by atoms with van der Waals surface area (Å²) in [6.45, 7) is 7.52. The summed E-state index contributed by atoms with van der Waals surface area (Å²) in [6.07, 6.45) is 5.92. The van der Waals surface area contributed by atoms with E-state index in [0.29, 0.717) is 12.2 Å². The largest absolute Gasteiger partial charge is 0.490 e. The topological polar surface area (TPSA) is 29.5 Å². The molecule has 0 saturated heterocycles. The summed E-state index contributed by atoms with van der Waals surface area (Å²) in [5, 5.41) is 0. The Kier molecular flexibility index (Phi) is 6.61. The van der Waals surface area contributed by atoms with Crippen molar-refractivity contribution in [3.05, 3.63) is 54.6 Å². The minimum absolute atomic E-state index is 0.0664. The van der Waals surface area contributed by atoms with Crippen LogP contribution in [0.15, 0.2) is 49.1 Å². The van der Waals surface area contributed by atoms with Gasteiger partial charge in [-0.05, 0) is 38.2 Å². The Balaban J connectivity index is 2.31. The van der Waals surface area contributed by atoms with Crippen LogP contribution in [-0.2, 0) is 0 Å². The molecule has 0 atom stereocenters. The van der Waals surface area contributed by atoms with Crippen molar-refractivity contribution in [3.63, 3.8) is 0 Å². The van der Waals surface area contributed by atoms with Crippen LogP contribution in [0.4, 0.5) is 0 Å². The van der Waals surface area contributed by atoms with E-state index in [-0.39, 0.29) is 5.78 Å². The first-order valence-electron chi connectivity index (χ1n) is 6.31. The molecule has 0 fully saturated rings. The van der Waals surface area contributed by atoms with Gasteiger partial charge in [-0.3, -0.25) is 9.69 Å². The fraction of sp³-hybridized carbons (Fsp3) is 0.312. The number of hydrogen-bond donors (Lipinski definition) is 0. The van der Waals surface area contributed by atoms with Crippen molar-refractivity contribution in [1.29, 1.82) is 0 Å². The van der Waals surface area contributed by atoms with Gasteiger partial charge in [-0.15, -0.1) is 6.58 Å². The third-order valence-electron chi connectivity index (χ3n) is 2.63. The maximum absolute atomic E-state index is 11.1. The Morgan fingerprint density at radius 2 is 1.95 bits per heavy atom. The molecule has 19 heavy (non-hydrogen) atoms. The van der Waals surface area contributed by atoms with Gasteiger partial charge in [0.05, 0.1) is 0 Å². The smallest absolute Gasteiger partial charge is 0.159 e. The number of benzene rings is 1. The van der Waals surface area contributed by atoms with E-state index in [2.05, 4.69) is 17.6 Å². The average Bonchev–Trinajstić information content (AvgIpc) is 2.39. The van der Waals surface area contributed by atoms with Crippen LogP contribution < -0.4 is 4.74 Å². The zero-order valence-electron chi connectivity index (χ0n) is 11.6. The second-order valence-electron chi connectivity index (χ2n) is 4.37. The van der Waals surface area contributed by atoms with E-state index < -0.39 is 0 Å². The summed E-state index contributed by atoms with van der Waals surface area (Å²) in [7, 11) is 2.04. The second kappa shape index (κ2) is 8.27. The molecule has 0 heterocycles. The van der Waals surface area contributed by atoms with Crippen LogP contribution in [0.5, 0.6) is 5.75 Å². The molecule has 1 aromatic rings. The number of carbonyl (C=O) groups is 1. The predicted octanol–water partition coefficient (Wildman–Crippen LogP) is 2.94. The Hall–Kier alpha value is -1.87. The standard InChI is InChI=1S/C16H21NO2/c1-4-11-17(3)12-5-6-13-19-16-9-7-15(8-10-16)14(2)18/h4-10H,1,11-13H2,2-3H3/b6-5+. The van der Waals surface area contributed by atoms with Crippen molar-refractivity contribution in [2.75, 3.05) is 26.7 Å². The van der Waals surface area contributed by atoms with Gasteiger partial charge in [-0.1, -0.05) is 18.2 Å². The van der Waals surface area contributed by atoms with Gasteiger partial charge in [0.1, 0.15) is 12.4 Å². The van der Waals surface area contributed by atoms with E-state index in [0.717, 1.165) is 18.8 Å². The molecular formula is C16H21NO2. The number of ether oxygens (including phenoxy) is 1. The van der Waals surface area contributed by atoms with Crippen LogP contribution in [0.25, 0.3) is 0 Å². The molecule has 0 aromatic heterocycles. The van der Waals surface area contributed by atoms with Crippen LogP contribution in [0.2, 0.25) is 0 Å². The first-order valence-corrected chi connectivity index (χ1v) is 6.31. The van der Waals surface area contributed by atoms with Crippen LogP contribution in [0, 0.1) is 0 Å². The van der Waals surface area contributed by atoms with E-state index in [1.807, 2.05) is 31.3 Å². The minimum atomic E-state index is 0.0664. The molecule has 3 heteroatoms. The third-order valence-corrected chi connectivity index (χ3v) is 2.63. The monoisotopic (exact) mass is 259 g/mol. The Labute approximate surface area is 115 Å². The van der Waals surface area contributed by atoms with Gasteiger partial charge in [-0.25, -0.2) is 0 Å². The molecule has 0 aliphatic carbocycles. The van der Waals surface area contributed by atoms with Crippen molar-refractivity contribution >= 4 is 5.78 Å². The Morgan fingerprint density at radius 3 is 2.53 bits per heavy atom. The molecule has 0 saturated carbocycles. The van der Waals surface area contributed by atoms with Crippen molar-refractivity contribution in [3.8, 4) is 5.75 Å². The van der Waals surface area contributed by atoms with Crippen molar-refractivity contribution in [2.24, 2.45) is 0 Å². The quantitative estimate of drug-likeness (QED) is 0.531. The first-order chi connectivity index (χ1) is 9.13. The molecule has 0 aliphatic heterocycles. The first kappa shape index (κ1) is 15.2. The summed E-state index contributed by atoms with van der Waals surface area (Å²) < 4.78 is 5.55. The van der Waals surface area contributed by atoms with E-state index in [9.17, 15) is 4.79 Å². The van der Waals surface area contributed by atoms with E-state index >= 15 is 0 Å². The van der Waals surface area contributed by atoms with Gasteiger partial charge in [-0.2, -0.15) is 0 Å². The Bertz CT molecular complexity index is 435. The highest BCUT2D eigenvalue weighted by Crippen LogP contribution is 2.12. The van der Waals surface area contributed by atoms with Crippen molar-refractivity contribution < 1.29 is 9.53 Å². The number of nitrogens with zero attached hydrogens (tertiary/aromatic N) is 1. The molecule has 1 rings (SSSR count). The fourth-order valence-electron chi connectivity index (χ4n) is 1.55. The highest BCUT2D eigenvalue weighted by Gasteiger charge is 1.98. The molecule has 0 N–H and O–H groups in total. The van der Waals surface area contributed by atoms with Crippen molar-refractivity contribution in [2.45, 2.75) is 6.92 Å². The highest BCUT2D eigenvalue weighted by molar-refractivity contribution is 5.94. The molecule has 0 spiro atoms. The molecule has 0 amide bonds. The average molecular weight is 259 g/mol. The van der Waals surface area contributed by atoms with E-state index in [1.54, 1.807) is 19.1 Å². The summed E-state index contributed by atoms with van der Waals surface area (Å²) in [5.74, 6) is 0.839. The fourth-order valence-corrected chi connectivity index (χ4v) is 1.55. The molecule has 0 aliphatic rings. The van der Waals surface area contributed by atoms with Crippen LogP contribution >= 0.6 is 0 Å². The predicted molar refractivity (Wildman–Crippen MR) is 78.8 cm³/mol. The summed E-state index contributed by atoms with van der Waals surface area (Å²) in [5.41, 5.74) is 0.703. The number of hydrogen-bond acceptors (Lipinski definition) is 3. The molecule has 1 aromatic carbocycles. The number of Topliss-reactive ketones (excluding diaryl/α,β-unsaturated/α-hetero) is 1. The SMILES string of the molecule is C=CCN(C)C/C=C/COc1ccc(C(C)=O)cc1. The lowest BCUT2D eigenvalue weighted by Gasteiger charge is -2.10. The number of carbonyl (C=O) groups excluding carboxylic acids is 1. The van der Waals surface area contributed by atoms with Crippen LogP contribution in [0.1, 0.15) is 17.3 Å². The normalized spacial score (nSPS) is 10.9. The van der Waals surface area contributed by atoms with Crippen LogP contribution in [0.3, 0.4) is 0 Å². The zero-order chi connectivity index (χ0) is 14.1. The van der Waals surface area contributed by atoms with E-state index in [1.165, 1.54) is 0 Å². The molecule has 102 valence electrons. The van der Waals surface area contributed by atoms with Gasteiger partial charge in [0.25, 0.3) is 0 Å². The molecule has 0 unspecified atom stereocenters. The summed E-state index contributed by atoms with van der Waals surface area (Å²) >= 11 is 0. The van der Waals surface area contributed by atoms with E-state index in [4.69, 9.17) is 4.74 Å². The maximum Gasteiger partial charge on any atom is 0.159 e. The zero-order valence-corrected chi connectivity index (χ0v) is 11.6. The Morgan fingerprint density at radius 1 is 1.26 bits per heavy atom. The lowest BCUT2D eigenvalue weighted by molar-refractivity contribution is 0.101. The maximum atomic E-state index is 11.1. The van der Waals surface area contributed by atoms with Gasteiger partial charge in [0, 0.05) is 18.7 Å². The van der Waals surface area contributed by atoms with Gasteiger partial charge in [0.2, 0.25) is 0 Å². The summed E-state index contributed by atoms with van der Waals surface area (Å²) in [4.78, 5) is 13.3. The third kappa shape index (κ3) is 6.02. The molecule has 3 nitrogen and oxygen atoms in total. The van der Waals surface area contributed by atoms with Crippen LogP contribution in [-0.4, -0.2) is 37.4 Å². The van der Waals surface area contributed by atoms with Gasteiger partial charge < -0.3 is 4.74 Å². The lowest BCUT2D eigenvalue weighted by Crippen LogP contribution is -2.17. The number of rotatable bonds is 8. The number of likely N-dealkylation sites (N-methyl/N-ethyl adjacent to an activating group) is 1. The second-order valence-corrected chi connectivity index (χ2v) is 4.37. The lowest BCUT2D eigenvalue weighted by atomic mass is 10.1. The number of ketones is 1. The molecule has 0 radical (unpaired) electrons. The minimum Gasteiger partial charge on any atom is -0.490 e.